The number of hydrogen-bond donors (Lipinski definition) is 0. The lowest BCUT2D eigenvalue weighted by molar-refractivity contribution is 0.458. The molecule has 0 saturated heterocycles. The van der Waals surface area contributed by atoms with Gasteiger partial charge in [0.25, 0.3) is 0 Å². The fraction of sp³-hybridized carbons (Fsp3) is 0. The second-order valence-electron chi connectivity index (χ2n) is 3.47. The molecule has 0 fully saturated rings. The first-order valence-corrected chi connectivity index (χ1v) is 4.92. The van der Waals surface area contributed by atoms with Crippen LogP contribution in [0.15, 0.2) is 36.4 Å². The first kappa shape index (κ1) is 12.0. The Hall–Kier alpha value is -2.48. The first-order chi connectivity index (χ1) is 8.58. The number of nitrogens with zero attached hydrogens (tertiary/aromatic N) is 1. The second kappa shape index (κ2) is 4.80. The molecule has 0 atom stereocenters. The van der Waals surface area contributed by atoms with E-state index in [9.17, 15) is 13.2 Å². The Bertz CT molecular complexity index is 635. The van der Waals surface area contributed by atoms with Gasteiger partial charge in [-0.3, -0.25) is 0 Å². The molecule has 2 aromatic carbocycles. The summed E-state index contributed by atoms with van der Waals surface area (Å²) in [5.41, 5.74) is 0.0765. The number of benzene rings is 2. The highest BCUT2D eigenvalue weighted by molar-refractivity contribution is 5.39. The summed E-state index contributed by atoms with van der Waals surface area (Å²) in [5, 5.41) is 8.65. The smallest absolute Gasteiger partial charge is 0.162 e. The fourth-order valence-corrected chi connectivity index (χ4v) is 1.36. The molecule has 0 spiro atoms. The van der Waals surface area contributed by atoms with Crippen LogP contribution in [0.25, 0.3) is 0 Å². The molecular weight excluding hydrogens is 243 g/mol. The average molecular weight is 249 g/mol. The van der Waals surface area contributed by atoms with Crippen molar-refractivity contribution < 1.29 is 17.9 Å². The molecule has 0 aliphatic heterocycles. The van der Waals surface area contributed by atoms with E-state index in [4.69, 9.17) is 10.00 Å². The summed E-state index contributed by atoms with van der Waals surface area (Å²) < 4.78 is 43.8. The van der Waals surface area contributed by atoms with E-state index in [0.29, 0.717) is 0 Å². The van der Waals surface area contributed by atoms with Crippen molar-refractivity contribution >= 4 is 0 Å². The molecule has 0 bridgehead atoms. The van der Waals surface area contributed by atoms with Gasteiger partial charge in [0.2, 0.25) is 0 Å². The highest BCUT2D eigenvalue weighted by Gasteiger charge is 2.06. The molecule has 0 radical (unpaired) electrons. The largest absolute Gasteiger partial charge is 0.457 e. The molecule has 18 heavy (non-hydrogen) atoms. The summed E-state index contributed by atoms with van der Waals surface area (Å²) in [4.78, 5) is 0. The SMILES string of the molecule is N#Cc1cc(F)cc(Oc2ccc(F)c(F)c2)c1. The molecule has 0 N–H and O–H groups in total. The normalized spacial score (nSPS) is 9.89. The third-order valence-electron chi connectivity index (χ3n) is 2.13. The molecule has 0 saturated carbocycles. The van der Waals surface area contributed by atoms with Crippen molar-refractivity contribution in [3.05, 3.63) is 59.4 Å². The predicted octanol–water partition coefficient (Wildman–Crippen LogP) is 3.77. The van der Waals surface area contributed by atoms with Crippen molar-refractivity contribution in [2.45, 2.75) is 0 Å². The van der Waals surface area contributed by atoms with E-state index in [1.165, 1.54) is 12.1 Å². The highest BCUT2D eigenvalue weighted by Crippen LogP contribution is 2.24. The van der Waals surface area contributed by atoms with Crippen LogP contribution < -0.4 is 4.74 Å². The number of rotatable bonds is 2. The van der Waals surface area contributed by atoms with E-state index in [1.807, 2.05) is 0 Å². The lowest BCUT2D eigenvalue weighted by Crippen LogP contribution is -1.90. The highest BCUT2D eigenvalue weighted by atomic mass is 19.2. The van der Waals surface area contributed by atoms with Crippen LogP contribution in [0.3, 0.4) is 0 Å². The maximum atomic E-state index is 13.1. The minimum absolute atomic E-state index is 0.0170. The molecule has 2 aromatic rings. The van der Waals surface area contributed by atoms with Crippen molar-refractivity contribution in [2.24, 2.45) is 0 Å². The fourth-order valence-electron chi connectivity index (χ4n) is 1.36. The Kier molecular flexibility index (Phi) is 3.20. The first-order valence-electron chi connectivity index (χ1n) is 4.92. The van der Waals surface area contributed by atoms with Crippen LogP contribution in [-0.4, -0.2) is 0 Å². The van der Waals surface area contributed by atoms with Gasteiger partial charge in [0.1, 0.15) is 17.3 Å². The lowest BCUT2D eigenvalue weighted by atomic mass is 10.2. The third kappa shape index (κ3) is 2.61. The van der Waals surface area contributed by atoms with Crippen molar-refractivity contribution in [3.63, 3.8) is 0 Å². The Morgan fingerprint density at radius 3 is 2.33 bits per heavy atom. The summed E-state index contributed by atoms with van der Waals surface area (Å²) >= 11 is 0. The molecule has 0 unspecified atom stereocenters. The predicted molar refractivity (Wildman–Crippen MR) is 57.5 cm³/mol. The van der Waals surface area contributed by atoms with Gasteiger partial charge >= 0.3 is 0 Å². The number of ether oxygens (including phenoxy) is 1. The maximum Gasteiger partial charge on any atom is 0.162 e. The summed E-state index contributed by atoms with van der Waals surface area (Å²) in [6.45, 7) is 0. The molecule has 0 heterocycles. The van der Waals surface area contributed by atoms with Gasteiger partial charge in [-0.25, -0.2) is 13.2 Å². The van der Waals surface area contributed by atoms with Gasteiger partial charge in [-0.1, -0.05) is 0 Å². The Balaban J connectivity index is 2.31. The Labute approximate surface area is 101 Å². The van der Waals surface area contributed by atoms with Crippen molar-refractivity contribution in [1.82, 2.24) is 0 Å². The molecule has 0 aromatic heterocycles. The molecule has 0 aliphatic rings. The quantitative estimate of drug-likeness (QED) is 0.811. The van der Waals surface area contributed by atoms with Crippen LogP contribution in [0.1, 0.15) is 5.56 Å². The van der Waals surface area contributed by atoms with Gasteiger partial charge in [-0.2, -0.15) is 5.26 Å². The van der Waals surface area contributed by atoms with Crippen LogP contribution in [0.4, 0.5) is 13.2 Å². The van der Waals surface area contributed by atoms with E-state index >= 15 is 0 Å². The van der Waals surface area contributed by atoms with E-state index in [2.05, 4.69) is 0 Å². The monoisotopic (exact) mass is 249 g/mol. The number of nitriles is 1. The third-order valence-corrected chi connectivity index (χ3v) is 2.13. The number of hydrogen-bond acceptors (Lipinski definition) is 2. The van der Waals surface area contributed by atoms with E-state index in [1.54, 1.807) is 6.07 Å². The molecular formula is C13H6F3NO. The Morgan fingerprint density at radius 2 is 1.67 bits per heavy atom. The summed E-state index contributed by atoms with van der Waals surface area (Å²) in [5.74, 6) is -2.66. The Morgan fingerprint density at radius 1 is 0.889 bits per heavy atom. The topological polar surface area (TPSA) is 33.0 Å². The molecule has 2 rings (SSSR count). The van der Waals surface area contributed by atoms with E-state index in [0.717, 1.165) is 24.3 Å². The summed E-state index contributed by atoms with van der Waals surface area (Å²) in [6, 6.07) is 8.08. The maximum absolute atomic E-state index is 13.1. The van der Waals surface area contributed by atoms with Crippen LogP contribution >= 0.6 is 0 Å². The molecule has 5 heteroatoms. The molecule has 0 aliphatic carbocycles. The molecule has 2 nitrogen and oxygen atoms in total. The summed E-state index contributed by atoms with van der Waals surface area (Å²) in [6.07, 6.45) is 0. The van der Waals surface area contributed by atoms with Crippen molar-refractivity contribution in [1.29, 1.82) is 5.26 Å². The minimum atomic E-state index is -1.07. The zero-order valence-corrected chi connectivity index (χ0v) is 8.95. The zero-order valence-electron chi connectivity index (χ0n) is 8.95. The van der Waals surface area contributed by atoms with Crippen LogP contribution in [0, 0.1) is 28.8 Å². The number of halogens is 3. The van der Waals surface area contributed by atoms with Crippen LogP contribution in [0.5, 0.6) is 11.5 Å². The van der Waals surface area contributed by atoms with Gasteiger partial charge < -0.3 is 4.74 Å². The van der Waals surface area contributed by atoms with Crippen molar-refractivity contribution in [2.75, 3.05) is 0 Å². The van der Waals surface area contributed by atoms with E-state index < -0.39 is 17.5 Å². The minimum Gasteiger partial charge on any atom is -0.457 e. The van der Waals surface area contributed by atoms with Gasteiger partial charge in [-0.15, -0.1) is 0 Å². The van der Waals surface area contributed by atoms with Crippen LogP contribution in [-0.2, 0) is 0 Å². The zero-order chi connectivity index (χ0) is 13.1. The molecule has 90 valence electrons. The second-order valence-corrected chi connectivity index (χ2v) is 3.47. The van der Waals surface area contributed by atoms with Crippen LogP contribution in [0.2, 0.25) is 0 Å². The summed E-state index contributed by atoms with van der Waals surface area (Å²) in [7, 11) is 0. The average Bonchev–Trinajstić information content (AvgIpc) is 2.33. The van der Waals surface area contributed by atoms with Gasteiger partial charge in [0, 0.05) is 12.1 Å². The van der Waals surface area contributed by atoms with Gasteiger partial charge in [0.05, 0.1) is 11.6 Å². The van der Waals surface area contributed by atoms with Gasteiger partial charge in [-0.05, 0) is 24.3 Å². The van der Waals surface area contributed by atoms with Gasteiger partial charge in [0.15, 0.2) is 11.6 Å². The van der Waals surface area contributed by atoms with E-state index in [-0.39, 0.29) is 17.1 Å². The van der Waals surface area contributed by atoms with Crippen molar-refractivity contribution in [3.8, 4) is 17.6 Å². The molecule has 0 amide bonds. The standard InChI is InChI=1S/C13H6F3NO/c14-9-3-8(7-17)4-11(5-9)18-10-1-2-12(15)13(16)6-10/h1-6H. The lowest BCUT2D eigenvalue weighted by Gasteiger charge is -2.06.